The molecule has 2 saturated heterocycles. The summed E-state index contributed by atoms with van der Waals surface area (Å²) < 4.78 is 14.6. The molecule has 2 aliphatic rings. The Balaban J connectivity index is 1.50. The van der Waals surface area contributed by atoms with E-state index in [-0.39, 0.29) is 23.0 Å². The van der Waals surface area contributed by atoms with Gasteiger partial charge in [-0.2, -0.15) is 0 Å². The number of nitrogens with zero attached hydrogens (tertiary/aromatic N) is 3. The monoisotopic (exact) mass is 420 g/mol. The van der Waals surface area contributed by atoms with E-state index < -0.39 is 11.7 Å². The number of phenols is 1. The molecule has 164 valence electrons. The van der Waals surface area contributed by atoms with Crippen molar-refractivity contribution >= 4 is 11.6 Å². The Kier molecular flexibility index (Phi) is 7.25. The van der Waals surface area contributed by atoms with Gasteiger partial charge in [-0.25, -0.2) is 4.39 Å². The standard InChI is InChI=1S/C21H30FN5O3/c1-3-4-7-23-15(2)10-17-6-9-25(13-17)8-5-16-11-18(22)21(19(28)12-16)26-14-20(29)24-27(26)30/h11-12,17,23H,2-10,13-14H2,1H3,(H-,24,28,29,30)/p+1. The van der Waals surface area contributed by atoms with Crippen molar-refractivity contribution in [2.75, 3.05) is 37.7 Å². The summed E-state index contributed by atoms with van der Waals surface area (Å²) in [5.74, 6) is -1.06. The van der Waals surface area contributed by atoms with E-state index in [4.69, 9.17) is 0 Å². The van der Waals surface area contributed by atoms with Gasteiger partial charge in [0.25, 0.3) is 4.98 Å². The van der Waals surface area contributed by atoms with Crippen molar-refractivity contribution in [3.05, 3.63) is 40.7 Å². The Labute approximate surface area is 176 Å². The maximum Gasteiger partial charge on any atom is 0.307 e. The van der Waals surface area contributed by atoms with Crippen molar-refractivity contribution in [3.63, 3.8) is 0 Å². The molecule has 0 radical (unpaired) electrons. The molecule has 0 saturated carbocycles. The van der Waals surface area contributed by atoms with Crippen molar-refractivity contribution < 1.29 is 19.3 Å². The Bertz CT molecular complexity index is 793. The Morgan fingerprint density at radius 3 is 2.93 bits per heavy atom. The van der Waals surface area contributed by atoms with Crippen LogP contribution in [-0.2, 0) is 11.2 Å². The second-order valence-corrected chi connectivity index (χ2v) is 8.10. The van der Waals surface area contributed by atoms with Crippen molar-refractivity contribution in [2.45, 2.75) is 39.0 Å². The SMILES string of the molecule is C=C(CC1CCN(CCc2cc(O)c(N3CC(=O)N[N+]3=O)c(F)c2)C1)NCCCC. The number of allylic oxidation sites excluding steroid dienone is 1. The van der Waals surface area contributed by atoms with Crippen LogP contribution in [0, 0.1) is 16.6 Å². The fourth-order valence-electron chi connectivity index (χ4n) is 4.04. The molecule has 8 nitrogen and oxygen atoms in total. The van der Waals surface area contributed by atoms with Crippen LogP contribution in [0.4, 0.5) is 10.1 Å². The van der Waals surface area contributed by atoms with Crippen LogP contribution in [0.5, 0.6) is 5.75 Å². The number of hydrogen-bond donors (Lipinski definition) is 3. The van der Waals surface area contributed by atoms with Crippen molar-refractivity contribution in [1.29, 1.82) is 0 Å². The molecule has 1 aromatic rings. The van der Waals surface area contributed by atoms with E-state index in [1.54, 1.807) is 0 Å². The number of carbonyl (C=O) groups is 1. The Morgan fingerprint density at radius 2 is 2.27 bits per heavy atom. The number of halogens is 1. The molecule has 1 unspecified atom stereocenters. The molecule has 2 aliphatic heterocycles. The first-order valence-corrected chi connectivity index (χ1v) is 10.6. The topological polar surface area (TPSA) is 87.9 Å². The van der Waals surface area contributed by atoms with Crippen LogP contribution in [0.2, 0.25) is 0 Å². The zero-order chi connectivity index (χ0) is 21.7. The Morgan fingerprint density at radius 1 is 1.47 bits per heavy atom. The fraction of sp³-hybridized carbons (Fsp3) is 0.571. The smallest absolute Gasteiger partial charge is 0.307 e. The van der Waals surface area contributed by atoms with Gasteiger partial charge in [0, 0.05) is 25.3 Å². The number of nitroso groups, excluding NO2 is 1. The van der Waals surface area contributed by atoms with Gasteiger partial charge in [0.15, 0.2) is 18.0 Å². The van der Waals surface area contributed by atoms with E-state index in [0.29, 0.717) is 17.9 Å². The molecule has 0 aromatic heterocycles. The molecule has 3 N–H and O–H groups in total. The van der Waals surface area contributed by atoms with Gasteiger partial charge in [0.2, 0.25) is 0 Å². The lowest BCUT2D eigenvalue weighted by Gasteiger charge is -2.18. The van der Waals surface area contributed by atoms with Crippen LogP contribution in [0.25, 0.3) is 0 Å². The molecule has 0 spiro atoms. The van der Waals surface area contributed by atoms with Gasteiger partial charge in [-0.15, -0.1) is 0 Å². The Hall–Kier alpha value is -2.68. The van der Waals surface area contributed by atoms with Crippen LogP contribution < -0.4 is 15.8 Å². The van der Waals surface area contributed by atoms with Gasteiger partial charge in [-0.3, -0.25) is 4.79 Å². The molecule has 30 heavy (non-hydrogen) atoms. The normalized spacial score (nSPS) is 19.4. The largest absolute Gasteiger partial charge is 0.505 e. The minimum atomic E-state index is -0.726. The number of carbonyl (C=O) groups excluding carboxylic acids is 1. The van der Waals surface area contributed by atoms with Crippen LogP contribution in [0.1, 0.15) is 38.2 Å². The van der Waals surface area contributed by atoms with Crippen LogP contribution in [-0.4, -0.2) is 53.6 Å². The van der Waals surface area contributed by atoms with Gasteiger partial charge in [0.1, 0.15) is 5.75 Å². The summed E-state index contributed by atoms with van der Waals surface area (Å²) in [6.45, 7) is 9.67. The number of phenolic OH excluding ortho intramolecular Hbond substituents is 1. The van der Waals surface area contributed by atoms with E-state index in [1.807, 2.05) is 5.43 Å². The number of likely N-dealkylation sites (tertiary alicyclic amines) is 1. The molecule has 1 amide bonds. The van der Waals surface area contributed by atoms with E-state index in [9.17, 15) is 19.2 Å². The molecular formula is C21H31FN5O3+. The highest BCUT2D eigenvalue weighted by molar-refractivity contribution is 5.82. The van der Waals surface area contributed by atoms with E-state index in [0.717, 1.165) is 62.6 Å². The third kappa shape index (κ3) is 5.47. The highest BCUT2D eigenvalue weighted by Crippen LogP contribution is 2.33. The summed E-state index contributed by atoms with van der Waals surface area (Å²) in [7, 11) is 0. The van der Waals surface area contributed by atoms with Crippen molar-refractivity contribution in [2.24, 2.45) is 5.92 Å². The lowest BCUT2D eigenvalue weighted by atomic mass is 10.0. The van der Waals surface area contributed by atoms with Crippen LogP contribution in [0.3, 0.4) is 0 Å². The number of benzene rings is 1. The van der Waals surface area contributed by atoms with Crippen molar-refractivity contribution in [1.82, 2.24) is 15.6 Å². The first-order chi connectivity index (χ1) is 14.4. The molecule has 1 atom stereocenters. The molecule has 9 heteroatoms. The number of rotatable bonds is 10. The molecule has 0 aliphatic carbocycles. The minimum absolute atomic E-state index is 0.134. The molecule has 2 fully saturated rings. The van der Waals surface area contributed by atoms with Gasteiger partial charge in [-0.05, 0) is 55.8 Å². The summed E-state index contributed by atoms with van der Waals surface area (Å²) in [6, 6.07) is 2.78. The van der Waals surface area contributed by atoms with Gasteiger partial charge < -0.3 is 15.3 Å². The maximum atomic E-state index is 14.6. The highest BCUT2D eigenvalue weighted by Gasteiger charge is 2.40. The first-order valence-electron chi connectivity index (χ1n) is 10.6. The predicted molar refractivity (Wildman–Crippen MR) is 112 cm³/mol. The van der Waals surface area contributed by atoms with E-state index in [1.165, 1.54) is 12.1 Å². The minimum Gasteiger partial charge on any atom is -0.505 e. The zero-order valence-corrected chi connectivity index (χ0v) is 17.5. The second-order valence-electron chi connectivity index (χ2n) is 8.10. The van der Waals surface area contributed by atoms with E-state index >= 15 is 0 Å². The number of hydrogen-bond acceptors (Lipinski definition) is 5. The van der Waals surface area contributed by atoms with Gasteiger partial charge in [-0.1, -0.05) is 30.4 Å². The third-order valence-corrected chi connectivity index (χ3v) is 5.62. The number of aromatic hydroxyl groups is 1. The quantitative estimate of drug-likeness (QED) is 0.398. The maximum absolute atomic E-state index is 14.6. The number of amides is 1. The number of unbranched alkanes of at least 4 members (excludes halogenated alkanes) is 1. The van der Waals surface area contributed by atoms with Gasteiger partial charge in [0.05, 0.1) is 4.91 Å². The lowest BCUT2D eigenvalue weighted by molar-refractivity contribution is -0.591. The molecule has 1 aromatic carbocycles. The number of anilines is 1. The number of nitrogens with one attached hydrogen (secondary N) is 2. The zero-order valence-electron chi connectivity index (χ0n) is 17.5. The summed E-state index contributed by atoms with van der Waals surface area (Å²) in [5.41, 5.74) is 3.46. The summed E-state index contributed by atoms with van der Waals surface area (Å²) in [4.78, 5) is 25.5. The van der Waals surface area contributed by atoms with Crippen LogP contribution >= 0.6 is 0 Å². The molecule has 0 bridgehead atoms. The first kappa shape index (κ1) is 22.0. The summed E-state index contributed by atoms with van der Waals surface area (Å²) in [5, 5.41) is 14.5. The predicted octanol–water partition coefficient (Wildman–Crippen LogP) is 2.23. The average Bonchev–Trinajstić information content (AvgIpc) is 3.25. The summed E-state index contributed by atoms with van der Waals surface area (Å²) >= 11 is 0. The summed E-state index contributed by atoms with van der Waals surface area (Å²) in [6.07, 6.45) is 4.98. The average molecular weight is 421 g/mol. The third-order valence-electron chi connectivity index (χ3n) is 5.62. The second kappa shape index (κ2) is 9.88. The highest BCUT2D eigenvalue weighted by atomic mass is 19.1. The lowest BCUT2D eigenvalue weighted by Crippen LogP contribution is -2.31. The van der Waals surface area contributed by atoms with Crippen LogP contribution in [0.15, 0.2) is 24.4 Å². The molecule has 3 rings (SSSR count). The van der Waals surface area contributed by atoms with E-state index in [2.05, 4.69) is 23.7 Å². The fourth-order valence-corrected chi connectivity index (χ4v) is 4.04. The molecular weight excluding hydrogens is 389 g/mol. The van der Waals surface area contributed by atoms with Gasteiger partial charge >= 0.3 is 5.91 Å². The molecule has 2 heterocycles. The van der Waals surface area contributed by atoms with Crippen molar-refractivity contribution in [3.8, 4) is 5.75 Å². The number of hydrazine groups is 2.